The Kier molecular flexibility index (Phi) is 11.1. The first-order valence-electron chi connectivity index (χ1n) is 7.24. The molecule has 2 unspecified atom stereocenters. The summed E-state index contributed by atoms with van der Waals surface area (Å²) in [5, 5.41) is 0. The van der Waals surface area contributed by atoms with Crippen LogP contribution >= 0.6 is 0 Å². The molecular formula is C14H30N2O2. The molecule has 0 aliphatic carbocycles. The maximum atomic E-state index is 10.7. The molecule has 108 valence electrons. The molecule has 0 aromatic carbocycles. The number of unbranched alkanes of at least 4 members (excludes halogenated alkanes) is 5. The van der Waals surface area contributed by atoms with E-state index >= 15 is 0 Å². The second-order valence-electron chi connectivity index (χ2n) is 5.04. The molecule has 0 aromatic heterocycles. The van der Waals surface area contributed by atoms with Crippen LogP contribution in [-0.4, -0.2) is 18.2 Å². The highest BCUT2D eigenvalue weighted by Crippen LogP contribution is 2.10. The first kappa shape index (κ1) is 17.4. The fourth-order valence-electron chi connectivity index (χ4n) is 1.98. The predicted octanol–water partition coefficient (Wildman–Crippen LogP) is 2.69. The molecule has 0 radical (unpaired) electrons. The Morgan fingerprint density at radius 3 is 2.22 bits per heavy atom. The van der Waals surface area contributed by atoms with Crippen molar-refractivity contribution in [1.82, 2.24) is 0 Å². The Morgan fingerprint density at radius 1 is 1.00 bits per heavy atom. The lowest BCUT2D eigenvalue weighted by Gasteiger charge is -2.15. The summed E-state index contributed by atoms with van der Waals surface area (Å²) < 4.78 is 4.85. The van der Waals surface area contributed by atoms with Crippen LogP contribution in [0.1, 0.15) is 71.6 Å². The molecule has 4 nitrogen and oxygen atoms in total. The molecule has 0 saturated carbocycles. The monoisotopic (exact) mass is 258 g/mol. The number of carbonyl (C=O) groups is 1. The van der Waals surface area contributed by atoms with E-state index in [4.69, 9.17) is 16.2 Å². The van der Waals surface area contributed by atoms with Gasteiger partial charge in [-0.05, 0) is 19.3 Å². The highest BCUT2D eigenvalue weighted by atomic mass is 16.5. The standard InChI is InChI=1S/C14H30N2O2/c1-3-4-5-6-7-8-9-13(15)10-11-14(16)18-12(2)17/h13-14H,3-11,15-16H2,1-2H3. The summed E-state index contributed by atoms with van der Waals surface area (Å²) in [4.78, 5) is 10.7. The van der Waals surface area contributed by atoms with Gasteiger partial charge >= 0.3 is 5.97 Å². The summed E-state index contributed by atoms with van der Waals surface area (Å²) >= 11 is 0. The summed E-state index contributed by atoms with van der Waals surface area (Å²) in [5.74, 6) is -0.327. The lowest BCUT2D eigenvalue weighted by Crippen LogP contribution is -2.29. The maximum absolute atomic E-state index is 10.7. The SMILES string of the molecule is CCCCCCCCC(N)CCC(N)OC(C)=O. The number of esters is 1. The van der Waals surface area contributed by atoms with Gasteiger partial charge in [0.1, 0.15) is 0 Å². The van der Waals surface area contributed by atoms with Gasteiger partial charge in [-0.3, -0.25) is 10.5 Å². The maximum Gasteiger partial charge on any atom is 0.304 e. The molecular weight excluding hydrogens is 228 g/mol. The van der Waals surface area contributed by atoms with Gasteiger partial charge in [-0.2, -0.15) is 0 Å². The Labute approximate surface area is 111 Å². The number of nitrogens with two attached hydrogens (primary N) is 2. The van der Waals surface area contributed by atoms with Crippen molar-refractivity contribution in [3.63, 3.8) is 0 Å². The second kappa shape index (κ2) is 11.5. The summed E-state index contributed by atoms with van der Waals surface area (Å²) in [6.45, 7) is 3.60. The number of ether oxygens (including phenoxy) is 1. The van der Waals surface area contributed by atoms with Crippen molar-refractivity contribution in [2.24, 2.45) is 11.5 Å². The topological polar surface area (TPSA) is 78.3 Å². The average molecular weight is 258 g/mol. The van der Waals surface area contributed by atoms with Crippen molar-refractivity contribution < 1.29 is 9.53 Å². The number of carbonyl (C=O) groups excluding carboxylic acids is 1. The molecule has 0 spiro atoms. The van der Waals surface area contributed by atoms with Crippen molar-refractivity contribution in [2.45, 2.75) is 83.9 Å². The van der Waals surface area contributed by atoms with Crippen molar-refractivity contribution in [2.75, 3.05) is 0 Å². The predicted molar refractivity (Wildman–Crippen MR) is 74.9 cm³/mol. The van der Waals surface area contributed by atoms with Crippen LogP contribution in [0.25, 0.3) is 0 Å². The minimum Gasteiger partial charge on any atom is -0.447 e. The quantitative estimate of drug-likeness (QED) is 0.339. The van der Waals surface area contributed by atoms with Gasteiger partial charge in [0.25, 0.3) is 0 Å². The zero-order valence-corrected chi connectivity index (χ0v) is 12.0. The van der Waals surface area contributed by atoms with Crippen LogP contribution in [0.15, 0.2) is 0 Å². The summed E-state index contributed by atoms with van der Waals surface area (Å²) in [7, 11) is 0. The van der Waals surface area contributed by atoms with Gasteiger partial charge in [0.05, 0.1) is 0 Å². The molecule has 0 rings (SSSR count). The second-order valence-corrected chi connectivity index (χ2v) is 5.04. The van der Waals surface area contributed by atoms with E-state index in [2.05, 4.69) is 6.92 Å². The molecule has 0 aromatic rings. The van der Waals surface area contributed by atoms with Crippen LogP contribution in [0.5, 0.6) is 0 Å². The van der Waals surface area contributed by atoms with Crippen LogP contribution < -0.4 is 11.5 Å². The van der Waals surface area contributed by atoms with E-state index in [9.17, 15) is 4.79 Å². The van der Waals surface area contributed by atoms with Crippen LogP contribution in [0.4, 0.5) is 0 Å². The summed E-state index contributed by atoms with van der Waals surface area (Å²) in [6.07, 6.45) is 9.74. The van der Waals surface area contributed by atoms with E-state index in [-0.39, 0.29) is 12.0 Å². The zero-order chi connectivity index (χ0) is 13.8. The fraction of sp³-hybridized carbons (Fsp3) is 0.929. The van der Waals surface area contributed by atoms with E-state index in [1.54, 1.807) is 0 Å². The lowest BCUT2D eigenvalue weighted by molar-refractivity contribution is -0.146. The number of rotatable bonds is 11. The average Bonchev–Trinajstić information content (AvgIpc) is 2.30. The van der Waals surface area contributed by atoms with Crippen LogP contribution in [0.2, 0.25) is 0 Å². The van der Waals surface area contributed by atoms with Gasteiger partial charge in [0.15, 0.2) is 6.23 Å². The molecule has 4 N–H and O–H groups in total. The summed E-state index contributed by atoms with van der Waals surface area (Å²) in [5.41, 5.74) is 11.6. The van der Waals surface area contributed by atoms with Gasteiger partial charge in [0.2, 0.25) is 0 Å². The van der Waals surface area contributed by atoms with Gasteiger partial charge in [0, 0.05) is 13.0 Å². The van der Waals surface area contributed by atoms with E-state index in [1.165, 1.54) is 45.4 Å². The molecule has 4 heteroatoms. The van der Waals surface area contributed by atoms with E-state index in [1.807, 2.05) is 0 Å². The minimum atomic E-state index is -0.502. The van der Waals surface area contributed by atoms with Gasteiger partial charge in [-0.1, -0.05) is 45.4 Å². The Hall–Kier alpha value is -0.610. The Morgan fingerprint density at radius 2 is 1.61 bits per heavy atom. The smallest absolute Gasteiger partial charge is 0.304 e. The molecule has 0 heterocycles. The van der Waals surface area contributed by atoms with Gasteiger partial charge < -0.3 is 10.5 Å². The molecule has 18 heavy (non-hydrogen) atoms. The molecule has 2 atom stereocenters. The highest BCUT2D eigenvalue weighted by Gasteiger charge is 2.09. The molecule has 0 bridgehead atoms. The van der Waals surface area contributed by atoms with Crippen molar-refractivity contribution in [3.8, 4) is 0 Å². The largest absolute Gasteiger partial charge is 0.447 e. The van der Waals surface area contributed by atoms with E-state index in [0.29, 0.717) is 6.42 Å². The minimum absolute atomic E-state index is 0.179. The third-order valence-electron chi connectivity index (χ3n) is 3.07. The fourth-order valence-corrected chi connectivity index (χ4v) is 1.98. The van der Waals surface area contributed by atoms with Crippen molar-refractivity contribution in [3.05, 3.63) is 0 Å². The van der Waals surface area contributed by atoms with Gasteiger partial charge in [-0.25, -0.2) is 0 Å². The molecule has 0 aliphatic rings. The van der Waals surface area contributed by atoms with E-state index < -0.39 is 6.23 Å². The third kappa shape index (κ3) is 11.9. The first-order valence-corrected chi connectivity index (χ1v) is 7.24. The van der Waals surface area contributed by atoms with E-state index in [0.717, 1.165) is 12.8 Å². The lowest BCUT2D eigenvalue weighted by atomic mass is 10.0. The number of hydrogen-bond donors (Lipinski definition) is 2. The van der Waals surface area contributed by atoms with Crippen LogP contribution in [0.3, 0.4) is 0 Å². The molecule has 0 saturated heterocycles. The third-order valence-corrected chi connectivity index (χ3v) is 3.07. The molecule has 0 amide bonds. The summed E-state index contributed by atoms with van der Waals surface area (Å²) in [6, 6.07) is 0.179. The van der Waals surface area contributed by atoms with Crippen molar-refractivity contribution >= 4 is 5.97 Å². The normalized spacial score (nSPS) is 14.2. The first-order chi connectivity index (χ1) is 8.56. The highest BCUT2D eigenvalue weighted by molar-refractivity contribution is 5.66. The van der Waals surface area contributed by atoms with Crippen LogP contribution in [-0.2, 0) is 9.53 Å². The molecule has 0 aliphatic heterocycles. The Bertz CT molecular complexity index is 210. The molecule has 0 fully saturated rings. The van der Waals surface area contributed by atoms with Crippen molar-refractivity contribution in [1.29, 1.82) is 0 Å². The van der Waals surface area contributed by atoms with Gasteiger partial charge in [-0.15, -0.1) is 0 Å². The Balaban J connectivity index is 3.36. The van der Waals surface area contributed by atoms with Crippen LogP contribution in [0, 0.1) is 0 Å². The number of hydrogen-bond acceptors (Lipinski definition) is 4. The zero-order valence-electron chi connectivity index (χ0n) is 12.0.